The second-order valence-electron chi connectivity index (χ2n) is 6.37. The van der Waals surface area contributed by atoms with Crippen LogP contribution >= 0.6 is 0 Å². The molecule has 0 bridgehead atoms. The van der Waals surface area contributed by atoms with E-state index in [4.69, 9.17) is 4.74 Å². The van der Waals surface area contributed by atoms with Crippen molar-refractivity contribution in [2.24, 2.45) is 0 Å². The van der Waals surface area contributed by atoms with Gasteiger partial charge in [-0.05, 0) is 42.0 Å². The number of rotatable bonds is 6. The molecule has 3 rings (SSSR count). The van der Waals surface area contributed by atoms with Gasteiger partial charge in [0.15, 0.2) is 0 Å². The van der Waals surface area contributed by atoms with Crippen LogP contribution in [-0.2, 0) is 11.2 Å². The molecule has 2 aromatic carbocycles. The van der Waals surface area contributed by atoms with Gasteiger partial charge in [0, 0.05) is 18.8 Å². The Bertz CT molecular complexity index is 573. The Morgan fingerprint density at radius 3 is 2.30 bits per heavy atom. The molecular formula is C21H27NO. The predicted molar refractivity (Wildman–Crippen MR) is 97.3 cm³/mol. The third-order valence-corrected chi connectivity index (χ3v) is 4.70. The summed E-state index contributed by atoms with van der Waals surface area (Å²) in [4.78, 5) is 2.42. The van der Waals surface area contributed by atoms with E-state index in [9.17, 15) is 0 Å². The molecule has 2 heteroatoms. The van der Waals surface area contributed by atoms with Gasteiger partial charge in [-0.25, -0.2) is 0 Å². The SMILES string of the molecule is CCCC(Cc1ccccc1)c1ccc(N2CCOCC2)cc1. The average molecular weight is 309 g/mol. The van der Waals surface area contributed by atoms with Crippen molar-refractivity contribution >= 4 is 5.69 Å². The van der Waals surface area contributed by atoms with Crippen molar-refractivity contribution in [1.29, 1.82) is 0 Å². The van der Waals surface area contributed by atoms with E-state index in [1.54, 1.807) is 0 Å². The molecule has 0 N–H and O–H groups in total. The smallest absolute Gasteiger partial charge is 0.0642 e. The van der Waals surface area contributed by atoms with Crippen molar-refractivity contribution in [1.82, 2.24) is 0 Å². The Kier molecular flexibility index (Phi) is 5.71. The summed E-state index contributed by atoms with van der Waals surface area (Å²) >= 11 is 0. The van der Waals surface area contributed by atoms with Crippen molar-refractivity contribution in [3.8, 4) is 0 Å². The average Bonchev–Trinajstić information content (AvgIpc) is 2.63. The normalized spacial score (nSPS) is 16.3. The Morgan fingerprint density at radius 1 is 0.957 bits per heavy atom. The van der Waals surface area contributed by atoms with Crippen LogP contribution in [0.25, 0.3) is 0 Å². The molecule has 122 valence electrons. The highest BCUT2D eigenvalue weighted by Crippen LogP contribution is 2.28. The summed E-state index contributed by atoms with van der Waals surface area (Å²) in [5, 5.41) is 0. The highest BCUT2D eigenvalue weighted by Gasteiger charge is 2.14. The third kappa shape index (κ3) is 4.35. The minimum Gasteiger partial charge on any atom is -0.378 e. The molecule has 1 unspecified atom stereocenters. The Morgan fingerprint density at radius 2 is 1.65 bits per heavy atom. The number of morpholine rings is 1. The minimum atomic E-state index is 0.612. The summed E-state index contributed by atoms with van der Waals surface area (Å²) in [6.07, 6.45) is 3.60. The van der Waals surface area contributed by atoms with Crippen molar-refractivity contribution in [2.75, 3.05) is 31.2 Å². The number of anilines is 1. The largest absolute Gasteiger partial charge is 0.378 e. The van der Waals surface area contributed by atoms with E-state index in [0.29, 0.717) is 5.92 Å². The van der Waals surface area contributed by atoms with Gasteiger partial charge >= 0.3 is 0 Å². The molecule has 1 atom stereocenters. The number of hydrogen-bond acceptors (Lipinski definition) is 2. The molecule has 1 fully saturated rings. The Labute approximate surface area is 140 Å². The van der Waals surface area contributed by atoms with E-state index in [1.807, 2.05) is 0 Å². The standard InChI is InChI=1S/C21H27NO/c1-2-6-20(17-18-7-4-3-5-8-18)19-9-11-21(12-10-19)22-13-15-23-16-14-22/h3-5,7-12,20H,2,6,13-17H2,1H3. The lowest BCUT2D eigenvalue weighted by molar-refractivity contribution is 0.122. The fourth-order valence-electron chi connectivity index (χ4n) is 3.41. The van der Waals surface area contributed by atoms with Crippen molar-refractivity contribution in [2.45, 2.75) is 32.1 Å². The lowest BCUT2D eigenvalue weighted by Crippen LogP contribution is -2.36. The van der Waals surface area contributed by atoms with Gasteiger partial charge in [-0.1, -0.05) is 55.8 Å². The van der Waals surface area contributed by atoms with E-state index in [1.165, 1.54) is 29.7 Å². The monoisotopic (exact) mass is 309 g/mol. The molecule has 1 aliphatic heterocycles. The van der Waals surface area contributed by atoms with Crippen LogP contribution in [0.4, 0.5) is 5.69 Å². The van der Waals surface area contributed by atoms with Crippen LogP contribution in [0.2, 0.25) is 0 Å². The number of benzene rings is 2. The molecule has 0 amide bonds. The van der Waals surface area contributed by atoms with Crippen LogP contribution in [0.5, 0.6) is 0 Å². The third-order valence-electron chi connectivity index (χ3n) is 4.70. The predicted octanol–water partition coefficient (Wildman–Crippen LogP) is 4.65. The first-order chi connectivity index (χ1) is 11.4. The zero-order valence-electron chi connectivity index (χ0n) is 14.1. The summed E-state index contributed by atoms with van der Waals surface area (Å²) < 4.78 is 5.44. The maximum absolute atomic E-state index is 5.44. The summed E-state index contributed by atoms with van der Waals surface area (Å²) in [5.74, 6) is 0.612. The molecule has 0 spiro atoms. The van der Waals surface area contributed by atoms with Crippen molar-refractivity contribution in [3.63, 3.8) is 0 Å². The van der Waals surface area contributed by atoms with Crippen LogP contribution in [-0.4, -0.2) is 26.3 Å². The molecule has 1 saturated heterocycles. The summed E-state index contributed by atoms with van der Waals surface area (Å²) in [6, 6.07) is 20.1. The van der Waals surface area contributed by atoms with Gasteiger partial charge in [-0.2, -0.15) is 0 Å². The van der Waals surface area contributed by atoms with Crippen molar-refractivity contribution in [3.05, 3.63) is 65.7 Å². The molecular weight excluding hydrogens is 282 g/mol. The molecule has 1 aliphatic rings. The topological polar surface area (TPSA) is 12.5 Å². The van der Waals surface area contributed by atoms with Crippen LogP contribution < -0.4 is 4.90 Å². The molecule has 0 aliphatic carbocycles. The molecule has 0 saturated carbocycles. The van der Waals surface area contributed by atoms with Gasteiger partial charge in [0.1, 0.15) is 0 Å². The lowest BCUT2D eigenvalue weighted by atomic mass is 9.88. The second-order valence-corrected chi connectivity index (χ2v) is 6.37. The number of ether oxygens (including phenoxy) is 1. The van der Waals surface area contributed by atoms with E-state index < -0.39 is 0 Å². The highest BCUT2D eigenvalue weighted by molar-refractivity contribution is 5.48. The fraction of sp³-hybridized carbons (Fsp3) is 0.429. The molecule has 2 nitrogen and oxygen atoms in total. The summed E-state index contributed by atoms with van der Waals surface area (Å²) in [5.41, 5.74) is 4.22. The molecule has 0 aromatic heterocycles. The van der Waals surface area contributed by atoms with E-state index in [-0.39, 0.29) is 0 Å². The maximum atomic E-state index is 5.44. The first-order valence-corrected chi connectivity index (χ1v) is 8.83. The van der Waals surface area contributed by atoms with E-state index >= 15 is 0 Å². The molecule has 2 aromatic rings. The van der Waals surface area contributed by atoms with E-state index in [0.717, 1.165) is 32.7 Å². The van der Waals surface area contributed by atoms with E-state index in [2.05, 4.69) is 66.4 Å². The first-order valence-electron chi connectivity index (χ1n) is 8.83. The van der Waals surface area contributed by atoms with Gasteiger partial charge < -0.3 is 9.64 Å². The first kappa shape index (κ1) is 16.1. The molecule has 23 heavy (non-hydrogen) atoms. The van der Waals surface area contributed by atoms with Crippen LogP contribution in [0.1, 0.15) is 36.8 Å². The van der Waals surface area contributed by atoms with Gasteiger partial charge in [-0.15, -0.1) is 0 Å². The van der Waals surface area contributed by atoms with Gasteiger partial charge in [0.05, 0.1) is 13.2 Å². The maximum Gasteiger partial charge on any atom is 0.0642 e. The molecule has 0 radical (unpaired) electrons. The van der Waals surface area contributed by atoms with Crippen LogP contribution in [0.3, 0.4) is 0 Å². The highest BCUT2D eigenvalue weighted by atomic mass is 16.5. The van der Waals surface area contributed by atoms with Crippen molar-refractivity contribution < 1.29 is 4.74 Å². The van der Waals surface area contributed by atoms with Gasteiger partial charge in [0.2, 0.25) is 0 Å². The van der Waals surface area contributed by atoms with Gasteiger partial charge in [0.25, 0.3) is 0 Å². The Hall–Kier alpha value is -1.80. The minimum absolute atomic E-state index is 0.612. The molecule has 1 heterocycles. The van der Waals surface area contributed by atoms with Crippen LogP contribution in [0.15, 0.2) is 54.6 Å². The zero-order chi connectivity index (χ0) is 15.9. The second kappa shape index (κ2) is 8.16. The number of nitrogens with zero attached hydrogens (tertiary/aromatic N) is 1. The zero-order valence-corrected chi connectivity index (χ0v) is 14.1. The van der Waals surface area contributed by atoms with Gasteiger partial charge in [-0.3, -0.25) is 0 Å². The summed E-state index contributed by atoms with van der Waals surface area (Å²) in [7, 11) is 0. The summed E-state index contributed by atoms with van der Waals surface area (Å²) in [6.45, 7) is 5.96. The number of hydrogen-bond donors (Lipinski definition) is 0. The Balaban J connectivity index is 1.71. The van der Waals surface area contributed by atoms with Crippen LogP contribution in [0, 0.1) is 0 Å². The quantitative estimate of drug-likeness (QED) is 0.770. The fourth-order valence-corrected chi connectivity index (χ4v) is 3.41. The lowest BCUT2D eigenvalue weighted by Gasteiger charge is -2.29.